The van der Waals surface area contributed by atoms with Gasteiger partial charge >= 0.3 is 0 Å². The van der Waals surface area contributed by atoms with Crippen molar-refractivity contribution in [2.45, 2.75) is 32.7 Å². The molecule has 0 atom stereocenters. The second kappa shape index (κ2) is 5.23. The average molecular weight is 278 g/mol. The van der Waals surface area contributed by atoms with E-state index in [1.807, 2.05) is 30.9 Å². The van der Waals surface area contributed by atoms with Crippen molar-refractivity contribution in [3.05, 3.63) is 12.1 Å². The summed E-state index contributed by atoms with van der Waals surface area (Å²) in [6.07, 6.45) is 0.898. The molecule has 110 valence electrons. The van der Waals surface area contributed by atoms with Crippen LogP contribution in [0.25, 0.3) is 0 Å². The smallest absolute Gasteiger partial charge is 0.252 e. The second-order valence-corrected chi connectivity index (χ2v) is 5.43. The van der Waals surface area contributed by atoms with Crippen LogP contribution in [0.2, 0.25) is 0 Å². The monoisotopic (exact) mass is 278 g/mol. The molecule has 1 N–H and O–H groups in total. The van der Waals surface area contributed by atoms with E-state index in [0.717, 1.165) is 17.8 Å². The summed E-state index contributed by atoms with van der Waals surface area (Å²) in [5, 5.41) is 3.27. The Labute approximate surface area is 119 Å². The molecule has 1 heterocycles. The summed E-state index contributed by atoms with van der Waals surface area (Å²) in [7, 11) is 3.20. The van der Waals surface area contributed by atoms with Crippen molar-refractivity contribution in [2.24, 2.45) is 0 Å². The van der Waals surface area contributed by atoms with Gasteiger partial charge in [-0.2, -0.15) is 0 Å². The summed E-state index contributed by atoms with van der Waals surface area (Å²) in [5.41, 5.74) is 1.11. The van der Waals surface area contributed by atoms with E-state index in [9.17, 15) is 4.79 Å². The van der Waals surface area contributed by atoms with Crippen molar-refractivity contribution in [3.63, 3.8) is 0 Å². The molecule has 1 aromatic carbocycles. The summed E-state index contributed by atoms with van der Waals surface area (Å²) < 4.78 is 10.6. The molecule has 0 fully saturated rings. The molecule has 0 radical (unpaired) electrons. The standard InChI is InChI=1S/C15H22N2O3/c1-6-7-17-11-9-13(20-5)12(19-4)8-10(11)16-15(2,3)14(17)18/h8-9,16H,6-7H2,1-5H3. The van der Waals surface area contributed by atoms with Gasteiger partial charge in [0.1, 0.15) is 5.54 Å². The molecule has 0 aromatic heterocycles. The lowest BCUT2D eigenvalue weighted by molar-refractivity contribution is -0.122. The lowest BCUT2D eigenvalue weighted by atomic mass is 9.97. The maximum Gasteiger partial charge on any atom is 0.252 e. The van der Waals surface area contributed by atoms with Crippen LogP contribution in [0.5, 0.6) is 11.5 Å². The molecule has 20 heavy (non-hydrogen) atoms. The highest BCUT2D eigenvalue weighted by molar-refractivity contribution is 6.07. The molecule has 0 saturated carbocycles. The van der Waals surface area contributed by atoms with E-state index in [4.69, 9.17) is 9.47 Å². The van der Waals surface area contributed by atoms with Gasteiger partial charge in [0.25, 0.3) is 5.91 Å². The largest absolute Gasteiger partial charge is 0.493 e. The molecule has 0 spiro atoms. The predicted octanol–water partition coefficient (Wildman–Crippen LogP) is 2.65. The molecule has 0 saturated heterocycles. The Morgan fingerprint density at radius 2 is 1.80 bits per heavy atom. The Kier molecular flexibility index (Phi) is 3.79. The lowest BCUT2D eigenvalue weighted by Gasteiger charge is -2.40. The molecular weight excluding hydrogens is 256 g/mol. The van der Waals surface area contributed by atoms with Gasteiger partial charge in [-0.1, -0.05) is 6.92 Å². The number of nitrogens with zero attached hydrogens (tertiary/aromatic N) is 1. The first-order valence-corrected chi connectivity index (χ1v) is 6.80. The van der Waals surface area contributed by atoms with Crippen LogP contribution in [-0.2, 0) is 4.79 Å². The van der Waals surface area contributed by atoms with Gasteiger partial charge in [-0.15, -0.1) is 0 Å². The number of ether oxygens (including phenoxy) is 2. The summed E-state index contributed by atoms with van der Waals surface area (Å²) in [4.78, 5) is 14.4. The van der Waals surface area contributed by atoms with Crippen molar-refractivity contribution in [3.8, 4) is 11.5 Å². The number of methoxy groups -OCH3 is 2. The van der Waals surface area contributed by atoms with Crippen molar-refractivity contribution in [1.82, 2.24) is 0 Å². The molecule has 0 unspecified atom stereocenters. The number of anilines is 2. The fraction of sp³-hybridized carbons (Fsp3) is 0.533. The molecular formula is C15H22N2O3. The zero-order chi connectivity index (χ0) is 14.9. The van der Waals surface area contributed by atoms with E-state index in [-0.39, 0.29) is 5.91 Å². The van der Waals surface area contributed by atoms with Crippen LogP contribution in [0, 0.1) is 0 Å². The van der Waals surface area contributed by atoms with Gasteiger partial charge in [-0.05, 0) is 20.3 Å². The zero-order valence-electron chi connectivity index (χ0n) is 12.7. The number of amides is 1. The summed E-state index contributed by atoms with van der Waals surface area (Å²) in [5.74, 6) is 1.35. The van der Waals surface area contributed by atoms with E-state index in [0.29, 0.717) is 18.0 Å². The van der Waals surface area contributed by atoms with Crippen LogP contribution in [0.15, 0.2) is 12.1 Å². The quantitative estimate of drug-likeness (QED) is 0.920. The fourth-order valence-corrected chi connectivity index (χ4v) is 2.47. The predicted molar refractivity (Wildman–Crippen MR) is 79.9 cm³/mol. The third kappa shape index (κ3) is 2.28. The molecule has 5 nitrogen and oxygen atoms in total. The molecule has 2 rings (SSSR count). The number of rotatable bonds is 4. The van der Waals surface area contributed by atoms with Crippen LogP contribution in [-0.4, -0.2) is 32.2 Å². The van der Waals surface area contributed by atoms with E-state index in [2.05, 4.69) is 12.2 Å². The molecule has 0 aliphatic carbocycles. The van der Waals surface area contributed by atoms with Gasteiger partial charge in [-0.25, -0.2) is 0 Å². The van der Waals surface area contributed by atoms with Crippen molar-refractivity contribution in [2.75, 3.05) is 31.0 Å². The fourth-order valence-electron chi connectivity index (χ4n) is 2.47. The first kappa shape index (κ1) is 14.5. The maximum atomic E-state index is 12.5. The molecule has 1 aliphatic rings. The number of carbonyl (C=O) groups excluding carboxylic acids is 1. The van der Waals surface area contributed by atoms with Crippen LogP contribution in [0.3, 0.4) is 0 Å². The van der Waals surface area contributed by atoms with Crippen molar-refractivity contribution < 1.29 is 14.3 Å². The highest BCUT2D eigenvalue weighted by atomic mass is 16.5. The van der Waals surface area contributed by atoms with Crippen LogP contribution < -0.4 is 19.7 Å². The molecule has 1 amide bonds. The van der Waals surface area contributed by atoms with Crippen molar-refractivity contribution >= 4 is 17.3 Å². The Hall–Kier alpha value is -1.91. The minimum atomic E-state index is -0.623. The summed E-state index contributed by atoms with van der Waals surface area (Å²) in [6, 6.07) is 3.73. The summed E-state index contributed by atoms with van der Waals surface area (Å²) >= 11 is 0. The van der Waals surface area contributed by atoms with E-state index >= 15 is 0 Å². The van der Waals surface area contributed by atoms with Gasteiger partial charge in [0.2, 0.25) is 0 Å². The normalized spacial score (nSPS) is 16.4. The van der Waals surface area contributed by atoms with E-state index in [1.54, 1.807) is 14.2 Å². The number of benzene rings is 1. The van der Waals surface area contributed by atoms with Crippen LogP contribution in [0.4, 0.5) is 11.4 Å². The first-order valence-electron chi connectivity index (χ1n) is 6.80. The minimum Gasteiger partial charge on any atom is -0.493 e. The third-order valence-electron chi connectivity index (χ3n) is 3.47. The van der Waals surface area contributed by atoms with Gasteiger partial charge in [-0.3, -0.25) is 4.79 Å². The number of nitrogens with one attached hydrogen (secondary N) is 1. The number of fused-ring (bicyclic) bond motifs is 1. The van der Waals surface area contributed by atoms with Gasteiger partial charge in [0, 0.05) is 18.7 Å². The zero-order valence-corrected chi connectivity index (χ0v) is 12.7. The summed E-state index contributed by atoms with van der Waals surface area (Å²) in [6.45, 7) is 6.52. The van der Waals surface area contributed by atoms with Crippen LogP contribution in [0.1, 0.15) is 27.2 Å². The van der Waals surface area contributed by atoms with E-state index in [1.165, 1.54) is 0 Å². The van der Waals surface area contributed by atoms with Gasteiger partial charge in [0.15, 0.2) is 11.5 Å². The van der Waals surface area contributed by atoms with E-state index < -0.39 is 5.54 Å². The number of hydrogen-bond acceptors (Lipinski definition) is 4. The lowest BCUT2D eigenvalue weighted by Crippen LogP contribution is -2.54. The molecule has 1 aliphatic heterocycles. The molecule has 1 aromatic rings. The first-order chi connectivity index (χ1) is 9.44. The Morgan fingerprint density at radius 1 is 1.20 bits per heavy atom. The SMILES string of the molecule is CCCN1C(=O)C(C)(C)Nc2cc(OC)c(OC)cc21. The van der Waals surface area contributed by atoms with Gasteiger partial charge in [0.05, 0.1) is 25.6 Å². The number of carbonyl (C=O) groups is 1. The third-order valence-corrected chi connectivity index (χ3v) is 3.47. The minimum absolute atomic E-state index is 0.0686. The molecule has 5 heteroatoms. The Bertz CT molecular complexity index is 526. The Balaban J connectivity index is 2.57. The van der Waals surface area contributed by atoms with Gasteiger partial charge < -0.3 is 19.7 Å². The maximum absolute atomic E-state index is 12.5. The van der Waals surface area contributed by atoms with Crippen molar-refractivity contribution in [1.29, 1.82) is 0 Å². The highest BCUT2D eigenvalue weighted by Crippen LogP contribution is 2.42. The second-order valence-electron chi connectivity index (χ2n) is 5.43. The van der Waals surface area contributed by atoms with Crippen LogP contribution >= 0.6 is 0 Å². The Morgan fingerprint density at radius 3 is 2.35 bits per heavy atom. The molecule has 0 bridgehead atoms. The topological polar surface area (TPSA) is 50.8 Å². The highest BCUT2D eigenvalue weighted by Gasteiger charge is 2.38. The average Bonchev–Trinajstić information content (AvgIpc) is 2.42. The number of hydrogen-bond donors (Lipinski definition) is 1.